The minimum atomic E-state index is -3.53. The smallest absolute Gasteiger partial charge is 0.314 e. The van der Waals surface area contributed by atoms with Crippen LogP contribution in [0.4, 0.5) is 0 Å². The van der Waals surface area contributed by atoms with Crippen molar-refractivity contribution in [3.63, 3.8) is 0 Å². The molecule has 98 valence electrons. The summed E-state index contributed by atoms with van der Waals surface area (Å²) in [5.41, 5.74) is -0.973. The van der Waals surface area contributed by atoms with Gasteiger partial charge in [0.05, 0.1) is 11.9 Å². The number of aliphatic hydroxyl groups excluding tert-OH is 1. The molecule has 1 aromatic rings. The molecule has 5 nitrogen and oxygen atoms in total. The van der Waals surface area contributed by atoms with E-state index in [1.807, 2.05) is 0 Å². The molecular weight excluding hydrogens is 256 g/mol. The fourth-order valence-electron chi connectivity index (χ4n) is 2.68. The lowest BCUT2D eigenvalue weighted by atomic mass is 10.0. The van der Waals surface area contributed by atoms with Crippen molar-refractivity contribution in [2.45, 2.75) is 11.2 Å². The molecule has 1 saturated carbocycles. The van der Waals surface area contributed by atoms with Gasteiger partial charge in [0.1, 0.15) is 5.41 Å². The maximum Gasteiger partial charge on any atom is 0.314 e. The van der Waals surface area contributed by atoms with Crippen molar-refractivity contribution in [2.75, 3.05) is 12.9 Å². The summed E-state index contributed by atoms with van der Waals surface area (Å²) in [7, 11) is -3.53. The van der Waals surface area contributed by atoms with E-state index in [0.717, 1.165) is 6.26 Å². The van der Waals surface area contributed by atoms with Crippen LogP contribution >= 0.6 is 0 Å². The molecule has 2 N–H and O–H groups in total. The van der Waals surface area contributed by atoms with E-state index in [-0.39, 0.29) is 0 Å². The van der Waals surface area contributed by atoms with Crippen molar-refractivity contribution in [1.82, 2.24) is 0 Å². The molecular formula is C12H14O5S. The topological polar surface area (TPSA) is 91.7 Å². The largest absolute Gasteiger partial charge is 0.481 e. The van der Waals surface area contributed by atoms with E-state index in [2.05, 4.69) is 0 Å². The molecule has 6 heteroatoms. The summed E-state index contributed by atoms with van der Waals surface area (Å²) in [5, 5.41) is 17.5. The predicted octanol–water partition coefficient (Wildman–Crippen LogP) is 0.260. The lowest BCUT2D eigenvalue weighted by Crippen LogP contribution is -2.27. The SMILES string of the molecule is CS(=O)(=O)[C@@H]1[C@@H](c2ccccc2)[C@@]1(CO)C(=O)O. The van der Waals surface area contributed by atoms with Gasteiger partial charge in [-0.05, 0) is 5.56 Å². The van der Waals surface area contributed by atoms with E-state index < -0.39 is 39.0 Å². The highest BCUT2D eigenvalue weighted by Gasteiger charge is 2.74. The highest BCUT2D eigenvalue weighted by molar-refractivity contribution is 7.91. The Bertz CT molecular complexity index is 565. The van der Waals surface area contributed by atoms with Crippen molar-refractivity contribution >= 4 is 15.8 Å². The summed E-state index contributed by atoms with van der Waals surface area (Å²) in [4.78, 5) is 11.3. The lowest BCUT2D eigenvalue weighted by Gasteiger charge is -2.08. The summed E-state index contributed by atoms with van der Waals surface area (Å²) in [6, 6.07) is 8.57. The molecule has 0 bridgehead atoms. The zero-order chi connectivity index (χ0) is 13.6. The number of aliphatic hydroxyl groups is 1. The van der Waals surface area contributed by atoms with Gasteiger partial charge >= 0.3 is 5.97 Å². The van der Waals surface area contributed by atoms with Gasteiger partial charge in [0.2, 0.25) is 0 Å². The quantitative estimate of drug-likeness (QED) is 0.819. The average Bonchev–Trinajstić information content (AvgIpc) is 3.00. The Labute approximate surface area is 105 Å². The average molecular weight is 270 g/mol. The van der Waals surface area contributed by atoms with Gasteiger partial charge in [-0.1, -0.05) is 30.3 Å². The summed E-state index contributed by atoms with van der Waals surface area (Å²) in [6.45, 7) is -0.681. The van der Waals surface area contributed by atoms with Crippen LogP contribution in [-0.4, -0.2) is 42.7 Å². The Hall–Kier alpha value is -1.40. The normalized spacial score (nSPS) is 31.0. The predicted molar refractivity (Wildman–Crippen MR) is 65.0 cm³/mol. The van der Waals surface area contributed by atoms with Crippen molar-refractivity contribution in [2.24, 2.45) is 5.41 Å². The summed E-state index contributed by atoms with van der Waals surface area (Å²) in [5.74, 6) is -1.95. The van der Waals surface area contributed by atoms with E-state index in [1.54, 1.807) is 30.3 Å². The highest BCUT2D eigenvalue weighted by atomic mass is 32.2. The minimum absolute atomic E-state index is 0.629. The summed E-state index contributed by atoms with van der Waals surface area (Å²) in [6.07, 6.45) is 1.01. The van der Waals surface area contributed by atoms with Crippen LogP contribution in [0.5, 0.6) is 0 Å². The Balaban J connectivity index is 2.51. The first kappa shape index (κ1) is 13.0. The zero-order valence-corrected chi connectivity index (χ0v) is 10.6. The Morgan fingerprint density at radius 3 is 2.22 bits per heavy atom. The number of carboxylic acids is 1. The zero-order valence-electron chi connectivity index (χ0n) is 9.78. The standard InChI is InChI=1S/C12H14O5S/c1-18(16,17)10-9(8-5-3-2-4-6-8)12(10,7-13)11(14)15/h2-6,9-10,13H,7H2,1H3,(H,14,15)/t9-,10-,12-/m1/s1. The van der Waals surface area contributed by atoms with Crippen LogP contribution in [0, 0.1) is 5.41 Å². The van der Waals surface area contributed by atoms with Gasteiger partial charge in [0.15, 0.2) is 9.84 Å². The third-order valence-corrected chi connectivity index (χ3v) is 5.15. The maximum absolute atomic E-state index is 11.7. The number of rotatable bonds is 4. The highest BCUT2D eigenvalue weighted by Crippen LogP contribution is 2.62. The molecule has 2 rings (SSSR count). The molecule has 3 atom stereocenters. The Kier molecular flexibility index (Phi) is 2.95. The van der Waals surface area contributed by atoms with Gasteiger partial charge in [-0.25, -0.2) is 8.42 Å². The van der Waals surface area contributed by atoms with E-state index in [9.17, 15) is 23.4 Å². The van der Waals surface area contributed by atoms with E-state index in [4.69, 9.17) is 0 Å². The molecule has 0 aliphatic heterocycles. The van der Waals surface area contributed by atoms with Gasteiger partial charge in [-0.15, -0.1) is 0 Å². The van der Waals surface area contributed by atoms with Gasteiger partial charge < -0.3 is 10.2 Å². The number of carbonyl (C=O) groups is 1. The number of hydrogen-bond donors (Lipinski definition) is 2. The minimum Gasteiger partial charge on any atom is -0.481 e. The summed E-state index contributed by atoms with van der Waals surface area (Å²) >= 11 is 0. The molecule has 1 aliphatic carbocycles. The van der Waals surface area contributed by atoms with Crippen LogP contribution in [0.25, 0.3) is 0 Å². The van der Waals surface area contributed by atoms with Crippen LogP contribution in [-0.2, 0) is 14.6 Å². The summed E-state index contributed by atoms with van der Waals surface area (Å²) < 4.78 is 23.4. The third-order valence-electron chi connectivity index (χ3n) is 3.54. The first-order valence-electron chi connectivity index (χ1n) is 5.43. The number of hydrogen-bond acceptors (Lipinski definition) is 4. The Morgan fingerprint density at radius 2 is 1.89 bits per heavy atom. The molecule has 18 heavy (non-hydrogen) atoms. The van der Waals surface area contributed by atoms with Crippen LogP contribution < -0.4 is 0 Å². The molecule has 0 unspecified atom stereocenters. The fraction of sp³-hybridized carbons (Fsp3) is 0.417. The van der Waals surface area contributed by atoms with Crippen molar-refractivity contribution in [3.05, 3.63) is 35.9 Å². The molecule has 0 aromatic heterocycles. The van der Waals surface area contributed by atoms with Crippen LogP contribution in [0.2, 0.25) is 0 Å². The lowest BCUT2D eigenvalue weighted by molar-refractivity contribution is -0.145. The van der Waals surface area contributed by atoms with E-state index >= 15 is 0 Å². The van der Waals surface area contributed by atoms with Gasteiger partial charge in [0.25, 0.3) is 0 Å². The van der Waals surface area contributed by atoms with Crippen LogP contribution in [0.15, 0.2) is 30.3 Å². The fourth-order valence-corrected chi connectivity index (χ4v) is 4.58. The first-order valence-corrected chi connectivity index (χ1v) is 7.39. The second-order valence-corrected chi connectivity index (χ2v) is 6.81. The molecule has 0 spiro atoms. The first-order chi connectivity index (χ1) is 8.35. The van der Waals surface area contributed by atoms with E-state index in [0.29, 0.717) is 5.56 Å². The molecule has 0 saturated heterocycles. The van der Waals surface area contributed by atoms with Crippen molar-refractivity contribution < 1.29 is 23.4 Å². The van der Waals surface area contributed by atoms with Crippen molar-refractivity contribution in [3.8, 4) is 0 Å². The molecule has 1 aromatic carbocycles. The Morgan fingerprint density at radius 1 is 1.33 bits per heavy atom. The molecule has 0 radical (unpaired) electrons. The number of aliphatic carboxylic acids is 1. The maximum atomic E-state index is 11.7. The van der Waals surface area contributed by atoms with Gasteiger partial charge in [-0.3, -0.25) is 4.79 Å². The molecule has 1 aliphatic rings. The second-order valence-electron chi connectivity index (χ2n) is 4.64. The second kappa shape index (κ2) is 4.07. The van der Waals surface area contributed by atoms with Crippen LogP contribution in [0.3, 0.4) is 0 Å². The number of sulfone groups is 1. The van der Waals surface area contributed by atoms with Crippen LogP contribution in [0.1, 0.15) is 11.5 Å². The molecule has 0 amide bonds. The van der Waals surface area contributed by atoms with E-state index in [1.165, 1.54) is 0 Å². The van der Waals surface area contributed by atoms with Crippen molar-refractivity contribution in [1.29, 1.82) is 0 Å². The third kappa shape index (κ3) is 1.72. The van der Waals surface area contributed by atoms with Gasteiger partial charge in [0, 0.05) is 12.2 Å². The number of carboxylic acid groups (broad SMARTS) is 1. The molecule has 1 fully saturated rings. The molecule has 0 heterocycles. The number of benzene rings is 1. The monoisotopic (exact) mass is 270 g/mol. The van der Waals surface area contributed by atoms with Gasteiger partial charge in [-0.2, -0.15) is 0 Å².